The number of hydrogen-bond acceptors (Lipinski definition) is 7. The van der Waals surface area contributed by atoms with Gasteiger partial charge in [-0.2, -0.15) is 13.8 Å². The van der Waals surface area contributed by atoms with Gasteiger partial charge in [-0.25, -0.2) is 9.50 Å². The van der Waals surface area contributed by atoms with E-state index in [1.807, 2.05) is 31.2 Å². The van der Waals surface area contributed by atoms with Gasteiger partial charge in [-0.1, -0.05) is 12.1 Å². The summed E-state index contributed by atoms with van der Waals surface area (Å²) >= 11 is 0. The second-order valence-electron chi connectivity index (χ2n) is 7.14. The second-order valence-corrected chi connectivity index (χ2v) is 7.14. The van der Waals surface area contributed by atoms with Crippen LogP contribution in [0.25, 0.3) is 5.65 Å². The minimum atomic E-state index is -3.79. The van der Waals surface area contributed by atoms with Crippen LogP contribution in [0.3, 0.4) is 0 Å². The molecule has 10 heteroatoms. The van der Waals surface area contributed by atoms with E-state index in [9.17, 15) is 13.6 Å². The van der Waals surface area contributed by atoms with Crippen LogP contribution in [0.1, 0.15) is 11.1 Å². The predicted molar refractivity (Wildman–Crippen MR) is 109 cm³/mol. The van der Waals surface area contributed by atoms with Crippen molar-refractivity contribution in [1.82, 2.24) is 19.6 Å². The number of benzene rings is 2. The maximum atomic E-state index is 13.5. The van der Waals surface area contributed by atoms with Gasteiger partial charge < -0.3 is 15.4 Å². The fourth-order valence-electron chi connectivity index (χ4n) is 3.31. The molecule has 0 saturated carbocycles. The topological polar surface area (TPSA) is 93.4 Å². The van der Waals surface area contributed by atoms with Gasteiger partial charge in [0, 0.05) is 35.8 Å². The number of ether oxygens (including phenoxy) is 1. The summed E-state index contributed by atoms with van der Waals surface area (Å²) in [5.74, 6) is -0.482. The molecule has 3 heterocycles. The van der Waals surface area contributed by atoms with E-state index < -0.39 is 18.3 Å². The molecule has 31 heavy (non-hydrogen) atoms. The lowest BCUT2D eigenvalue weighted by molar-refractivity contribution is -0.193. The summed E-state index contributed by atoms with van der Waals surface area (Å²) in [5, 5.41) is 10.7. The van der Waals surface area contributed by atoms with E-state index in [2.05, 4.69) is 30.4 Å². The molecular formula is C21H16F2N6O2. The van der Waals surface area contributed by atoms with Gasteiger partial charge in [0.05, 0.1) is 0 Å². The van der Waals surface area contributed by atoms with E-state index >= 15 is 0 Å². The third-order valence-electron chi connectivity index (χ3n) is 4.77. The predicted octanol–water partition coefficient (Wildman–Crippen LogP) is 4.02. The lowest BCUT2D eigenvalue weighted by Gasteiger charge is -2.24. The minimum absolute atomic E-state index is 0.0200. The highest BCUT2D eigenvalue weighted by molar-refractivity contribution is 5.89. The number of carbonyl (C=O) groups excluding carboxylic acids is 1. The van der Waals surface area contributed by atoms with Crippen molar-refractivity contribution < 1.29 is 18.3 Å². The van der Waals surface area contributed by atoms with E-state index in [-0.39, 0.29) is 5.75 Å². The fraction of sp³-hybridized carbons (Fsp3) is 0.143. The first-order valence-electron chi connectivity index (χ1n) is 9.42. The number of halogens is 2. The molecule has 0 radical (unpaired) electrons. The number of Topliss-reactive ketones (excluding diaryl/α,β-unsaturated/α-hetero) is 1. The number of alkyl halides is 2. The number of aromatic nitrogens is 4. The van der Waals surface area contributed by atoms with Crippen molar-refractivity contribution >= 4 is 34.6 Å². The number of aryl methyl sites for hydroxylation is 1. The normalized spacial score (nSPS) is 14.7. The first-order chi connectivity index (χ1) is 14.9. The Hall–Kier alpha value is -4.08. The fourth-order valence-corrected chi connectivity index (χ4v) is 3.31. The van der Waals surface area contributed by atoms with Crippen molar-refractivity contribution in [3.8, 4) is 5.75 Å². The SMILES string of the molecule is Cc1cccc(Nc2nc3c(Nc4ccc5c(c4)CC(=O)C(F)(F)O5)nccn3n2)c1. The standard InChI is InChI=1S/C21H16F2N6O2/c1-12-3-2-4-14(9-12)26-20-27-19-18(24-7-8-29(19)28-20)25-15-5-6-16-13(10-15)11-17(30)21(22,23)31-16/h2-10H,11H2,1H3,(H,24,25)(H,26,28). The smallest absolute Gasteiger partial charge is 0.426 e. The molecule has 1 aliphatic rings. The van der Waals surface area contributed by atoms with Gasteiger partial charge in [0.2, 0.25) is 17.4 Å². The number of nitrogens with zero attached hydrogens (tertiary/aromatic N) is 4. The molecule has 0 bridgehead atoms. The van der Waals surface area contributed by atoms with Crippen LogP contribution >= 0.6 is 0 Å². The molecule has 0 saturated heterocycles. The molecule has 1 aliphatic heterocycles. The average molecular weight is 422 g/mol. The molecule has 0 fully saturated rings. The zero-order valence-corrected chi connectivity index (χ0v) is 16.3. The third kappa shape index (κ3) is 3.63. The van der Waals surface area contributed by atoms with Crippen LogP contribution in [0.4, 0.5) is 31.9 Å². The van der Waals surface area contributed by atoms with Crippen LogP contribution < -0.4 is 15.4 Å². The van der Waals surface area contributed by atoms with Gasteiger partial charge in [-0.05, 0) is 42.8 Å². The van der Waals surface area contributed by atoms with Crippen LogP contribution in [-0.4, -0.2) is 31.5 Å². The highest BCUT2D eigenvalue weighted by atomic mass is 19.3. The van der Waals surface area contributed by atoms with Gasteiger partial charge in [-0.15, -0.1) is 5.10 Å². The number of rotatable bonds is 4. The number of ketones is 1. The zero-order chi connectivity index (χ0) is 21.6. The largest absolute Gasteiger partial charge is 0.461 e. The quantitative estimate of drug-likeness (QED) is 0.513. The molecule has 8 nitrogen and oxygen atoms in total. The molecule has 156 valence electrons. The van der Waals surface area contributed by atoms with Crippen LogP contribution in [0, 0.1) is 6.92 Å². The Balaban J connectivity index is 1.43. The summed E-state index contributed by atoms with van der Waals surface area (Å²) in [4.78, 5) is 20.4. The van der Waals surface area contributed by atoms with Gasteiger partial charge in [-0.3, -0.25) is 4.79 Å². The zero-order valence-electron chi connectivity index (χ0n) is 16.3. The van der Waals surface area contributed by atoms with Crippen LogP contribution in [0.5, 0.6) is 5.75 Å². The lowest BCUT2D eigenvalue weighted by Crippen LogP contribution is -2.40. The van der Waals surface area contributed by atoms with Crippen molar-refractivity contribution in [2.75, 3.05) is 10.6 Å². The molecule has 0 unspecified atom stereocenters. The van der Waals surface area contributed by atoms with Crippen LogP contribution in [-0.2, 0) is 11.2 Å². The Bertz CT molecular complexity index is 1320. The number of nitrogens with one attached hydrogen (secondary N) is 2. The first-order valence-corrected chi connectivity index (χ1v) is 9.42. The summed E-state index contributed by atoms with van der Waals surface area (Å²) in [5.41, 5.74) is 3.35. The highest BCUT2D eigenvalue weighted by Crippen LogP contribution is 2.35. The summed E-state index contributed by atoms with van der Waals surface area (Å²) in [6.07, 6.45) is -0.981. The van der Waals surface area contributed by atoms with Crippen molar-refractivity contribution in [1.29, 1.82) is 0 Å². The van der Waals surface area contributed by atoms with Gasteiger partial charge in [0.25, 0.3) is 0 Å². The van der Waals surface area contributed by atoms with E-state index in [1.54, 1.807) is 29.0 Å². The summed E-state index contributed by atoms with van der Waals surface area (Å²) in [7, 11) is 0. The maximum absolute atomic E-state index is 13.5. The molecule has 0 spiro atoms. The van der Waals surface area contributed by atoms with Crippen LogP contribution in [0.15, 0.2) is 54.9 Å². The number of anilines is 4. The van der Waals surface area contributed by atoms with Crippen molar-refractivity contribution in [3.63, 3.8) is 0 Å². The van der Waals surface area contributed by atoms with Gasteiger partial charge in [0.15, 0.2) is 5.82 Å². The molecule has 2 aromatic carbocycles. The summed E-state index contributed by atoms with van der Waals surface area (Å²) in [6, 6.07) is 12.4. The Morgan fingerprint density at radius 1 is 1.13 bits per heavy atom. The Morgan fingerprint density at radius 3 is 2.81 bits per heavy atom. The second kappa shape index (κ2) is 7.01. The summed E-state index contributed by atoms with van der Waals surface area (Å²) in [6.45, 7) is 1.99. The van der Waals surface area contributed by atoms with Crippen LogP contribution in [0.2, 0.25) is 0 Å². The molecule has 5 rings (SSSR count). The Labute approximate surface area is 174 Å². The van der Waals surface area contributed by atoms with E-state index in [0.29, 0.717) is 28.7 Å². The number of hydrogen-bond donors (Lipinski definition) is 2. The van der Waals surface area contributed by atoms with E-state index in [4.69, 9.17) is 0 Å². The Morgan fingerprint density at radius 2 is 1.97 bits per heavy atom. The maximum Gasteiger partial charge on any atom is 0.461 e. The molecular weight excluding hydrogens is 406 g/mol. The lowest BCUT2D eigenvalue weighted by atomic mass is 10.0. The Kier molecular flexibility index (Phi) is 4.28. The van der Waals surface area contributed by atoms with Gasteiger partial charge >= 0.3 is 6.11 Å². The van der Waals surface area contributed by atoms with Crippen molar-refractivity contribution in [2.45, 2.75) is 19.5 Å². The molecule has 4 aromatic rings. The van der Waals surface area contributed by atoms with Crippen molar-refractivity contribution in [3.05, 3.63) is 66.0 Å². The average Bonchev–Trinajstić information content (AvgIpc) is 3.12. The van der Waals surface area contributed by atoms with E-state index in [0.717, 1.165) is 11.3 Å². The molecule has 0 aliphatic carbocycles. The molecule has 2 N–H and O–H groups in total. The number of carbonyl (C=O) groups is 1. The minimum Gasteiger partial charge on any atom is -0.426 e. The highest BCUT2D eigenvalue weighted by Gasteiger charge is 2.45. The van der Waals surface area contributed by atoms with E-state index in [1.165, 1.54) is 6.07 Å². The third-order valence-corrected chi connectivity index (χ3v) is 4.77. The summed E-state index contributed by atoms with van der Waals surface area (Å²) < 4.78 is 33.0. The monoisotopic (exact) mass is 422 g/mol. The molecule has 2 aromatic heterocycles. The van der Waals surface area contributed by atoms with Gasteiger partial charge in [0.1, 0.15) is 5.75 Å². The van der Waals surface area contributed by atoms with Crippen molar-refractivity contribution in [2.24, 2.45) is 0 Å². The molecule has 0 amide bonds. The number of fused-ring (bicyclic) bond motifs is 2. The first kappa shape index (κ1) is 18.9. The molecule has 0 atom stereocenters.